The Labute approximate surface area is 143 Å². The zero-order valence-corrected chi connectivity index (χ0v) is 14.4. The Kier molecular flexibility index (Phi) is 10.8. The van der Waals surface area contributed by atoms with Gasteiger partial charge in [-0.25, -0.2) is 4.79 Å². The molecule has 0 aliphatic heterocycles. The molecular weight excluding hydrogens is 320 g/mol. The van der Waals surface area contributed by atoms with Crippen LogP contribution >= 0.6 is 12.4 Å². The van der Waals surface area contributed by atoms with Gasteiger partial charge in [-0.15, -0.1) is 12.4 Å². The first-order chi connectivity index (χ1) is 10.6. The van der Waals surface area contributed by atoms with Gasteiger partial charge in [-0.05, 0) is 37.6 Å². The lowest BCUT2D eigenvalue weighted by Gasteiger charge is -2.11. The van der Waals surface area contributed by atoms with Crippen molar-refractivity contribution >= 4 is 30.0 Å². The highest BCUT2D eigenvalue weighted by Crippen LogP contribution is 2.23. The van der Waals surface area contributed by atoms with Crippen LogP contribution in [0.25, 0.3) is 0 Å². The number of hydrogen-bond acceptors (Lipinski definition) is 5. The van der Waals surface area contributed by atoms with E-state index in [0.29, 0.717) is 24.4 Å². The smallest absolute Gasteiger partial charge is 0.340 e. The number of rotatable bonds is 9. The fourth-order valence-electron chi connectivity index (χ4n) is 2.03. The Morgan fingerprint density at radius 3 is 2.43 bits per heavy atom. The monoisotopic (exact) mass is 344 g/mol. The summed E-state index contributed by atoms with van der Waals surface area (Å²) in [7, 11) is 2.81. The number of ether oxygens (including phenoxy) is 2. The molecule has 6 nitrogen and oxygen atoms in total. The van der Waals surface area contributed by atoms with Crippen molar-refractivity contribution < 1.29 is 19.1 Å². The number of amides is 1. The van der Waals surface area contributed by atoms with Crippen LogP contribution in [0.4, 0.5) is 5.69 Å². The molecule has 0 bridgehead atoms. The summed E-state index contributed by atoms with van der Waals surface area (Å²) in [6.45, 7) is 0.681. The average Bonchev–Trinajstić information content (AvgIpc) is 2.54. The third-order valence-corrected chi connectivity index (χ3v) is 3.26. The first-order valence-electron chi connectivity index (χ1n) is 7.38. The van der Waals surface area contributed by atoms with Crippen molar-refractivity contribution in [1.82, 2.24) is 0 Å². The Morgan fingerprint density at radius 1 is 1.13 bits per heavy atom. The quantitative estimate of drug-likeness (QED) is 0.531. The van der Waals surface area contributed by atoms with E-state index in [1.807, 2.05) is 0 Å². The van der Waals surface area contributed by atoms with Crippen molar-refractivity contribution in [3.63, 3.8) is 0 Å². The minimum absolute atomic E-state index is 0. The number of hydrogen-bond donors (Lipinski definition) is 2. The Morgan fingerprint density at radius 2 is 1.83 bits per heavy atom. The zero-order valence-electron chi connectivity index (χ0n) is 13.6. The summed E-state index contributed by atoms with van der Waals surface area (Å²) < 4.78 is 9.81. The fraction of sp³-hybridized carbons (Fsp3) is 0.500. The highest BCUT2D eigenvalue weighted by Gasteiger charge is 2.15. The molecule has 130 valence electrons. The van der Waals surface area contributed by atoms with Crippen LogP contribution in [0.5, 0.6) is 5.75 Å². The first kappa shape index (κ1) is 21.2. The molecule has 1 amide bonds. The van der Waals surface area contributed by atoms with E-state index >= 15 is 0 Å². The maximum Gasteiger partial charge on any atom is 0.340 e. The van der Waals surface area contributed by atoms with Crippen molar-refractivity contribution in [3.8, 4) is 5.75 Å². The van der Waals surface area contributed by atoms with E-state index in [-0.39, 0.29) is 23.9 Å². The number of anilines is 1. The van der Waals surface area contributed by atoms with Gasteiger partial charge >= 0.3 is 5.97 Å². The lowest BCUT2D eigenvalue weighted by atomic mass is 10.1. The van der Waals surface area contributed by atoms with E-state index in [1.54, 1.807) is 18.2 Å². The van der Waals surface area contributed by atoms with Crippen LogP contribution in [0.15, 0.2) is 18.2 Å². The molecule has 0 saturated heterocycles. The number of methoxy groups -OCH3 is 2. The maximum atomic E-state index is 11.9. The molecule has 0 atom stereocenters. The van der Waals surface area contributed by atoms with E-state index in [1.165, 1.54) is 14.2 Å². The molecule has 0 spiro atoms. The van der Waals surface area contributed by atoms with Gasteiger partial charge in [0.2, 0.25) is 5.91 Å². The van der Waals surface area contributed by atoms with Gasteiger partial charge in [0.25, 0.3) is 0 Å². The number of benzene rings is 1. The molecule has 1 aromatic rings. The molecule has 23 heavy (non-hydrogen) atoms. The van der Waals surface area contributed by atoms with Crippen LogP contribution in [-0.2, 0) is 9.53 Å². The fourth-order valence-corrected chi connectivity index (χ4v) is 2.03. The summed E-state index contributed by atoms with van der Waals surface area (Å²) in [5, 5.41) is 2.75. The lowest BCUT2D eigenvalue weighted by molar-refractivity contribution is -0.116. The summed E-state index contributed by atoms with van der Waals surface area (Å²) in [5.41, 5.74) is 6.13. The topological polar surface area (TPSA) is 90.6 Å². The van der Waals surface area contributed by atoms with Crippen LogP contribution in [-0.4, -0.2) is 32.6 Å². The van der Waals surface area contributed by atoms with Crippen LogP contribution in [0.3, 0.4) is 0 Å². The van der Waals surface area contributed by atoms with Gasteiger partial charge in [0.15, 0.2) is 0 Å². The van der Waals surface area contributed by atoms with Crippen LogP contribution < -0.4 is 15.8 Å². The molecule has 3 N–H and O–H groups in total. The molecule has 0 fully saturated rings. The van der Waals surface area contributed by atoms with Gasteiger partial charge < -0.3 is 20.5 Å². The third-order valence-electron chi connectivity index (χ3n) is 3.26. The van der Waals surface area contributed by atoms with Gasteiger partial charge in [-0.1, -0.05) is 12.8 Å². The van der Waals surface area contributed by atoms with E-state index in [4.69, 9.17) is 15.2 Å². The number of halogens is 1. The minimum atomic E-state index is -0.517. The van der Waals surface area contributed by atoms with Gasteiger partial charge in [-0.3, -0.25) is 4.79 Å². The molecular formula is C16H25ClN2O4. The van der Waals surface area contributed by atoms with E-state index in [2.05, 4.69) is 5.32 Å². The predicted octanol–water partition coefficient (Wildman–Crippen LogP) is 2.75. The third kappa shape index (κ3) is 7.34. The van der Waals surface area contributed by atoms with Crippen LogP contribution in [0.2, 0.25) is 0 Å². The molecule has 0 unspecified atom stereocenters. The number of carbonyl (C=O) groups excluding carboxylic acids is 2. The van der Waals surface area contributed by atoms with Gasteiger partial charge in [-0.2, -0.15) is 0 Å². The summed E-state index contributed by atoms with van der Waals surface area (Å²) >= 11 is 0. The molecule has 0 radical (unpaired) electrons. The summed E-state index contributed by atoms with van der Waals surface area (Å²) in [6.07, 6.45) is 4.19. The van der Waals surface area contributed by atoms with Gasteiger partial charge in [0, 0.05) is 6.42 Å². The van der Waals surface area contributed by atoms with Crippen LogP contribution in [0, 0.1) is 0 Å². The number of esters is 1. The Hall–Kier alpha value is -1.79. The summed E-state index contributed by atoms with van der Waals surface area (Å²) in [5.74, 6) is -0.111. The maximum absolute atomic E-state index is 11.9. The molecule has 0 heterocycles. The largest absolute Gasteiger partial charge is 0.497 e. The second-order valence-corrected chi connectivity index (χ2v) is 4.90. The molecule has 0 saturated carbocycles. The van der Waals surface area contributed by atoms with E-state index in [0.717, 1.165) is 25.7 Å². The highest BCUT2D eigenvalue weighted by molar-refractivity contribution is 6.01. The van der Waals surface area contributed by atoms with Crippen molar-refractivity contribution in [1.29, 1.82) is 0 Å². The predicted molar refractivity (Wildman–Crippen MR) is 92.4 cm³/mol. The zero-order chi connectivity index (χ0) is 16.4. The lowest BCUT2D eigenvalue weighted by Crippen LogP contribution is -2.15. The number of unbranched alkanes of at least 4 members (excludes halogenated alkanes) is 3. The summed E-state index contributed by atoms with van der Waals surface area (Å²) in [6, 6.07) is 4.86. The molecule has 0 aliphatic rings. The van der Waals surface area contributed by atoms with Gasteiger partial charge in [0.1, 0.15) is 5.75 Å². The second-order valence-electron chi connectivity index (χ2n) is 4.90. The van der Waals surface area contributed by atoms with E-state index in [9.17, 15) is 9.59 Å². The van der Waals surface area contributed by atoms with Crippen molar-refractivity contribution in [3.05, 3.63) is 23.8 Å². The minimum Gasteiger partial charge on any atom is -0.497 e. The van der Waals surface area contributed by atoms with Crippen molar-refractivity contribution in [2.45, 2.75) is 32.1 Å². The number of carbonyl (C=O) groups is 2. The Balaban J connectivity index is 0.00000484. The first-order valence-corrected chi connectivity index (χ1v) is 7.38. The molecule has 1 rings (SSSR count). The average molecular weight is 345 g/mol. The standard InChI is InChI=1S/C16H24N2O4.ClH/c1-21-12-8-9-14(13(11-12)16(20)22-2)18-15(19)7-5-3-4-6-10-17;/h8-9,11H,3-7,10,17H2,1-2H3,(H,18,19);1H. The van der Waals surface area contributed by atoms with Crippen LogP contribution in [0.1, 0.15) is 42.5 Å². The normalized spacial score (nSPS) is 9.70. The Bertz CT molecular complexity index is 509. The number of nitrogens with two attached hydrogens (primary N) is 1. The SMILES string of the molecule is COC(=O)c1cc(OC)ccc1NC(=O)CCCCCCN.Cl. The highest BCUT2D eigenvalue weighted by atomic mass is 35.5. The molecule has 1 aromatic carbocycles. The second kappa shape index (κ2) is 11.7. The number of nitrogens with one attached hydrogen (secondary N) is 1. The van der Waals surface area contributed by atoms with Crippen molar-refractivity contribution in [2.75, 3.05) is 26.1 Å². The van der Waals surface area contributed by atoms with E-state index < -0.39 is 5.97 Å². The molecule has 0 aliphatic carbocycles. The summed E-state index contributed by atoms with van der Waals surface area (Å²) in [4.78, 5) is 23.7. The molecule has 7 heteroatoms. The molecule has 0 aromatic heterocycles. The van der Waals surface area contributed by atoms with Gasteiger partial charge in [0.05, 0.1) is 25.5 Å². The van der Waals surface area contributed by atoms with Crippen molar-refractivity contribution in [2.24, 2.45) is 5.73 Å².